The molecule has 0 spiro atoms. The van der Waals surface area contributed by atoms with Gasteiger partial charge in [-0.05, 0) is 0 Å². The first-order valence-corrected chi connectivity index (χ1v) is 2.34. The third-order valence-corrected chi connectivity index (χ3v) is 0.613. The van der Waals surface area contributed by atoms with Crippen molar-refractivity contribution in [1.29, 1.82) is 10.5 Å². The van der Waals surface area contributed by atoms with Gasteiger partial charge < -0.3 is 9.84 Å². The molecule has 0 radical (unpaired) electrons. The van der Waals surface area contributed by atoms with Gasteiger partial charge in [-0.1, -0.05) is 0 Å². The molecule has 0 amide bonds. The summed E-state index contributed by atoms with van der Waals surface area (Å²) in [6, 6.07) is 2.80. The Morgan fingerprint density at radius 2 is 2.10 bits per heavy atom. The van der Waals surface area contributed by atoms with E-state index in [-0.39, 0.29) is 0 Å². The molecule has 0 heterocycles. The molecule has 0 unspecified atom stereocenters. The highest BCUT2D eigenvalue weighted by atomic mass is 16.6. The van der Waals surface area contributed by atoms with Gasteiger partial charge in [-0.2, -0.15) is 10.5 Å². The molecule has 0 atom stereocenters. The quantitative estimate of drug-likeness (QED) is 0.493. The van der Waals surface area contributed by atoms with Crippen molar-refractivity contribution < 1.29 is 14.6 Å². The van der Waals surface area contributed by atoms with Crippen molar-refractivity contribution in [2.24, 2.45) is 0 Å². The number of carbonyl (C=O) groups excluding carboxylic acids is 1. The van der Waals surface area contributed by atoms with Crippen molar-refractivity contribution in [3.63, 3.8) is 0 Å². The molecule has 0 saturated carbocycles. The Kier molecular flexibility index (Phi) is 3.62. The van der Waals surface area contributed by atoms with E-state index in [1.54, 1.807) is 0 Å². The van der Waals surface area contributed by atoms with E-state index in [2.05, 4.69) is 4.74 Å². The summed E-state index contributed by atoms with van der Waals surface area (Å²) in [6.45, 7) is -0.820. The largest absolute Gasteiger partial charge is 0.431 e. The zero-order chi connectivity index (χ0) is 7.98. The molecule has 0 aromatic heterocycles. The lowest BCUT2D eigenvalue weighted by Crippen LogP contribution is -2.16. The van der Waals surface area contributed by atoms with Crippen molar-refractivity contribution in [2.75, 3.05) is 6.61 Å². The standard InChI is InChI=1S/C5H4N2O3/c6-1-4(2-7)10-5(9)3-8/h4,8H,3H2. The topological polar surface area (TPSA) is 94.1 Å². The molecule has 0 fully saturated rings. The van der Waals surface area contributed by atoms with Crippen molar-refractivity contribution in [3.8, 4) is 12.1 Å². The summed E-state index contributed by atoms with van der Waals surface area (Å²) in [4.78, 5) is 10.2. The van der Waals surface area contributed by atoms with Gasteiger partial charge >= 0.3 is 5.97 Å². The Morgan fingerprint density at radius 1 is 1.60 bits per heavy atom. The zero-order valence-corrected chi connectivity index (χ0v) is 4.94. The van der Waals surface area contributed by atoms with Gasteiger partial charge in [0.15, 0.2) is 0 Å². The van der Waals surface area contributed by atoms with Crippen molar-refractivity contribution in [3.05, 3.63) is 0 Å². The second-order valence-corrected chi connectivity index (χ2v) is 1.29. The van der Waals surface area contributed by atoms with Gasteiger partial charge in [0.2, 0.25) is 0 Å². The SMILES string of the molecule is N#CC(C#N)OC(=O)CO. The highest BCUT2D eigenvalue weighted by Crippen LogP contribution is 1.87. The molecule has 0 aromatic rings. The number of carbonyl (C=O) groups is 1. The van der Waals surface area contributed by atoms with Crippen LogP contribution in [0.4, 0.5) is 0 Å². The first-order chi connectivity index (χ1) is 4.74. The van der Waals surface area contributed by atoms with Crippen LogP contribution in [0.5, 0.6) is 0 Å². The van der Waals surface area contributed by atoms with Crippen LogP contribution >= 0.6 is 0 Å². The van der Waals surface area contributed by atoms with E-state index in [9.17, 15) is 4.79 Å². The monoisotopic (exact) mass is 140 g/mol. The van der Waals surface area contributed by atoms with Gasteiger partial charge in [0.25, 0.3) is 6.10 Å². The summed E-state index contributed by atoms with van der Waals surface area (Å²) < 4.78 is 4.09. The number of aliphatic hydroxyl groups is 1. The van der Waals surface area contributed by atoms with Crippen molar-refractivity contribution >= 4 is 5.97 Å². The molecule has 5 nitrogen and oxygen atoms in total. The normalized spacial score (nSPS) is 8.00. The summed E-state index contributed by atoms with van der Waals surface area (Å²) in [5.41, 5.74) is 0. The Balaban J connectivity index is 3.81. The number of ether oxygens (including phenoxy) is 1. The van der Waals surface area contributed by atoms with Crippen LogP contribution in [-0.4, -0.2) is 23.8 Å². The summed E-state index contributed by atoms with van der Waals surface area (Å²) in [5, 5.41) is 24.2. The van der Waals surface area contributed by atoms with Crippen LogP contribution in [-0.2, 0) is 9.53 Å². The minimum absolute atomic E-state index is 0.820. The van der Waals surface area contributed by atoms with Gasteiger partial charge in [0, 0.05) is 0 Å². The lowest BCUT2D eigenvalue weighted by atomic mass is 10.4. The van der Waals surface area contributed by atoms with Crippen LogP contribution in [0, 0.1) is 22.7 Å². The van der Waals surface area contributed by atoms with E-state index in [0.29, 0.717) is 0 Å². The van der Waals surface area contributed by atoms with E-state index in [1.165, 1.54) is 12.1 Å². The smallest absolute Gasteiger partial charge is 0.333 e. The van der Waals surface area contributed by atoms with Crippen LogP contribution in [0.2, 0.25) is 0 Å². The first kappa shape index (κ1) is 8.41. The molecule has 0 aliphatic rings. The Morgan fingerprint density at radius 3 is 2.40 bits per heavy atom. The number of aliphatic hydroxyl groups excluding tert-OH is 1. The molecule has 0 aliphatic carbocycles. The molecule has 10 heavy (non-hydrogen) atoms. The molecule has 0 rings (SSSR count). The molecule has 5 heteroatoms. The van der Waals surface area contributed by atoms with Gasteiger partial charge in [-0.15, -0.1) is 0 Å². The minimum atomic E-state index is -1.42. The number of hydrogen-bond donors (Lipinski definition) is 1. The molecule has 0 saturated heterocycles. The predicted molar refractivity (Wildman–Crippen MR) is 28.2 cm³/mol. The minimum Gasteiger partial charge on any atom is -0.431 e. The van der Waals surface area contributed by atoms with Gasteiger partial charge in [-0.25, -0.2) is 4.79 Å². The van der Waals surface area contributed by atoms with Crippen LogP contribution in [0.3, 0.4) is 0 Å². The number of esters is 1. The molecule has 0 bridgehead atoms. The Labute approximate surface area is 57.1 Å². The third kappa shape index (κ3) is 2.65. The van der Waals surface area contributed by atoms with Gasteiger partial charge in [-0.3, -0.25) is 0 Å². The molecular formula is C5H4N2O3. The highest BCUT2D eigenvalue weighted by molar-refractivity contribution is 5.71. The lowest BCUT2D eigenvalue weighted by Gasteiger charge is -1.98. The van der Waals surface area contributed by atoms with Gasteiger partial charge in [0.05, 0.1) is 0 Å². The van der Waals surface area contributed by atoms with Crippen LogP contribution < -0.4 is 0 Å². The first-order valence-electron chi connectivity index (χ1n) is 2.34. The van der Waals surface area contributed by atoms with Crippen molar-refractivity contribution in [2.45, 2.75) is 6.10 Å². The number of nitrogens with zero attached hydrogens (tertiary/aromatic N) is 2. The fraction of sp³-hybridized carbons (Fsp3) is 0.400. The second-order valence-electron chi connectivity index (χ2n) is 1.29. The van der Waals surface area contributed by atoms with Crippen LogP contribution in [0.15, 0.2) is 0 Å². The number of rotatable bonds is 2. The molecular weight excluding hydrogens is 136 g/mol. The molecule has 1 N–H and O–H groups in total. The number of hydrogen-bond acceptors (Lipinski definition) is 5. The Hall–Kier alpha value is -1.59. The summed E-state index contributed by atoms with van der Waals surface area (Å²) >= 11 is 0. The summed E-state index contributed by atoms with van der Waals surface area (Å²) in [7, 11) is 0. The van der Waals surface area contributed by atoms with E-state index < -0.39 is 18.7 Å². The van der Waals surface area contributed by atoms with E-state index in [1.807, 2.05) is 0 Å². The molecule has 0 aliphatic heterocycles. The predicted octanol–water partition coefficient (Wildman–Crippen LogP) is -1.06. The third-order valence-electron chi connectivity index (χ3n) is 0.613. The maximum atomic E-state index is 10.2. The maximum absolute atomic E-state index is 10.2. The average Bonchev–Trinajstić information content (AvgIpc) is 1.99. The summed E-state index contributed by atoms with van der Waals surface area (Å²) in [6.07, 6.45) is -1.42. The zero-order valence-electron chi connectivity index (χ0n) is 4.94. The van der Waals surface area contributed by atoms with E-state index in [4.69, 9.17) is 15.6 Å². The molecule has 0 aromatic carbocycles. The molecule has 52 valence electrons. The van der Waals surface area contributed by atoms with Crippen LogP contribution in [0.25, 0.3) is 0 Å². The van der Waals surface area contributed by atoms with Gasteiger partial charge in [0.1, 0.15) is 18.7 Å². The second kappa shape index (κ2) is 4.30. The maximum Gasteiger partial charge on any atom is 0.333 e. The highest BCUT2D eigenvalue weighted by Gasteiger charge is 2.09. The van der Waals surface area contributed by atoms with Crippen molar-refractivity contribution in [1.82, 2.24) is 0 Å². The van der Waals surface area contributed by atoms with E-state index in [0.717, 1.165) is 0 Å². The Bertz CT molecular complexity index is 186. The summed E-state index contributed by atoms with van der Waals surface area (Å²) in [5.74, 6) is -0.979. The average molecular weight is 140 g/mol. The fourth-order valence-electron chi connectivity index (χ4n) is 0.250. The van der Waals surface area contributed by atoms with Crippen LogP contribution in [0.1, 0.15) is 0 Å². The fourth-order valence-corrected chi connectivity index (χ4v) is 0.250. The lowest BCUT2D eigenvalue weighted by molar-refractivity contribution is -0.147. The van der Waals surface area contributed by atoms with E-state index >= 15 is 0 Å². The number of nitriles is 2.